The molecule has 1 heterocycles. The summed E-state index contributed by atoms with van der Waals surface area (Å²) in [7, 11) is 3.54. The van der Waals surface area contributed by atoms with E-state index in [-0.39, 0.29) is 5.91 Å². The van der Waals surface area contributed by atoms with Crippen LogP contribution in [0.15, 0.2) is 6.07 Å². The van der Waals surface area contributed by atoms with Gasteiger partial charge in [-0.3, -0.25) is 4.79 Å². The lowest BCUT2D eigenvalue weighted by Crippen LogP contribution is -2.37. The highest BCUT2D eigenvalue weighted by Crippen LogP contribution is 2.15. The Bertz CT molecular complexity index is 461. The van der Waals surface area contributed by atoms with Gasteiger partial charge in [0.2, 0.25) is 11.9 Å². The number of carbonyl (C=O) groups is 1. The van der Waals surface area contributed by atoms with Crippen molar-refractivity contribution in [1.29, 1.82) is 0 Å². The van der Waals surface area contributed by atoms with E-state index in [1.165, 1.54) is 0 Å². The third-order valence-electron chi connectivity index (χ3n) is 3.02. The molecule has 6 nitrogen and oxygen atoms in total. The van der Waals surface area contributed by atoms with Crippen LogP contribution in [0.2, 0.25) is 0 Å². The number of anilines is 2. The van der Waals surface area contributed by atoms with Gasteiger partial charge >= 0.3 is 0 Å². The van der Waals surface area contributed by atoms with Gasteiger partial charge in [-0.25, -0.2) is 4.98 Å². The number of rotatable bonds is 8. The zero-order valence-corrected chi connectivity index (χ0v) is 13.8. The first-order valence-corrected chi connectivity index (χ1v) is 7.52. The summed E-state index contributed by atoms with van der Waals surface area (Å²) >= 11 is 0. The fourth-order valence-corrected chi connectivity index (χ4v) is 1.88. The van der Waals surface area contributed by atoms with Crippen LogP contribution in [0.1, 0.15) is 32.4 Å². The minimum absolute atomic E-state index is 0.0720. The third kappa shape index (κ3) is 5.57. The largest absolute Gasteiger partial charge is 0.354 e. The number of aromatic nitrogens is 2. The molecule has 0 aliphatic carbocycles. The molecule has 0 aliphatic heterocycles. The number of nitrogens with zero attached hydrogens (tertiary/aromatic N) is 4. The summed E-state index contributed by atoms with van der Waals surface area (Å²) in [4.78, 5) is 24.5. The molecule has 0 unspecified atom stereocenters. The number of nitrogens with one attached hydrogen (secondary N) is 1. The SMILES string of the molecule is CCCNc1nc(C)cc(N(CCC)CC(=O)N(C)C)n1. The molecule has 0 bridgehead atoms. The lowest BCUT2D eigenvalue weighted by atomic mass is 10.3. The van der Waals surface area contributed by atoms with Crippen molar-refractivity contribution in [2.45, 2.75) is 33.6 Å². The van der Waals surface area contributed by atoms with Gasteiger partial charge in [-0.05, 0) is 19.8 Å². The molecular formula is C15H27N5O. The van der Waals surface area contributed by atoms with Crippen molar-refractivity contribution in [2.75, 3.05) is 43.9 Å². The van der Waals surface area contributed by atoms with Gasteiger partial charge in [0.15, 0.2) is 0 Å². The van der Waals surface area contributed by atoms with Crippen molar-refractivity contribution in [3.63, 3.8) is 0 Å². The lowest BCUT2D eigenvalue weighted by molar-refractivity contribution is -0.127. The number of hydrogen-bond donors (Lipinski definition) is 1. The molecule has 0 aliphatic rings. The minimum atomic E-state index is 0.0720. The molecule has 21 heavy (non-hydrogen) atoms. The Hall–Kier alpha value is -1.85. The van der Waals surface area contributed by atoms with Crippen molar-refractivity contribution >= 4 is 17.7 Å². The van der Waals surface area contributed by atoms with Crippen LogP contribution in [0, 0.1) is 6.92 Å². The average molecular weight is 293 g/mol. The summed E-state index contributed by atoms with van der Waals surface area (Å²) in [6.07, 6.45) is 1.98. The zero-order chi connectivity index (χ0) is 15.8. The molecule has 6 heteroatoms. The van der Waals surface area contributed by atoms with Crippen LogP contribution in [-0.2, 0) is 4.79 Å². The van der Waals surface area contributed by atoms with Crippen LogP contribution in [0.25, 0.3) is 0 Å². The maximum absolute atomic E-state index is 12.0. The van der Waals surface area contributed by atoms with Crippen molar-refractivity contribution in [1.82, 2.24) is 14.9 Å². The maximum Gasteiger partial charge on any atom is 0.241 e. The van der Waals surface area contributed by atoms with Crippen LogP contribution in [-0.4, -0.2) is 54.5 Å². The molecular weight excluding hydrogens is 266 g/mol. The quantitative estimate of drug-likeness (QED) is 0.793. The predicted octanol–water partition coefficient (Wildman–Crippen LogP) is 1.91. The Kier molecular flexibility index (Phi) is 6.91. The van der Waals surface area contributed by atoms with Crippen molar-refractivity contribution in [3.8, 4) is 0 Å². The number of likely N-dealkylation sites (N-methyl/N-ethyl adjacent to an activating group) is 1. The second-order valence-electron chi connectivity index (χ2n) is 5.33. The second kappa shape index (κ2) is 8.44. The first-order chi connectivity index (χ1) is 9.97. The van der Waals surface area contributed by atoms with Gasteiger partial charge in [-0.1, -0.05) is 13.8 Å². The van der Waals surface area contributed by atoms with Gasteiger partial charge in [-0.2, -0.15) is 4.98 Å². The molecule has 0 spiro atoms. The first-order valence-electron chi connectivity index (χ1n) is 7.52. The van der Waals surface area contributed by atoms with Gasteiger partial charge < -0.3 is 15.1 Å². The Morgan fingerprint density at radius 2 is 1.95 bits per heavy atom. The molecule has 0 atom stereocenters. The van der Waals surface area contributed by atoms with Crippen LogP contribution >= 0.6 is 0 Å². The molecule has 1 amide bonds. The fourth-order valence-electron chi connectivity index (χ4n) is 1.88. The number of amides is 1. The highest BCUT2D eigenvalue weighted by molar-refractivity contribution is 5.80. The Labute approximate surface area is 127 Å². The van der Waals surface area contributed by atoms with Crippen molar-refractivity contribution < 1.29 is 4.79 Å². The third-order valence-corrected chi connectivity index (χ3v) is 3.02. The van der Waals surface area contributed by atoms with Crippen LogP contribution in [0.5, 0.6) is 0 Å². The van der Waals surface area contributed by atoms with Gasteiger partial charge in [0, 0.05) is 38.9 Å². The number of carbonyl (C=O) groups excluding carboxylic acids is 1. The fraction of sp³-hybridized carbons (Fsp3) is 0.667. The van der Waals surface area contributed by atoms with E-state index in [0.717, 1.165) is 37.4 Å². The molecule has 0 radical (unpaired) electrons. The summed E-state index contributed by atoms with van der Waals surface area (Å²) in [6, 6.07) is 1.93. The molecule has 0 saturated carbocycles. The molecule has 1 N–H and O–H groups in total. The predicted molar refractivity (Wildman–Crippen MR) is 86.7 cm³/mol. The standard InChI is InChI=1S/C15H27N5O/c1-6-8-16-15-17-12(3)10-13(18-15)20(9-7-2)11-14(21)19(4)5/h10H,6-9,11H2,1-5H3,(H,16,17,18). The van der Waals surface area contributed by atoms with E-state index in [1.54, 1.807) is 19.0 Å². The van der Waals surface area contributed by atoms with E-state index >= 15 is 0 Å². The van der Waals surface area contributed by atoms with E-state index in [0.29, 0.717) is 12.5 Å². The molecule has 1 rings (SSSR count). The summed E-state index contributed by atoms with van der Waals surface area (Å²) in [5.74, 6) is 1.51. The molecule has 0 fully saturated rings. The molecule has 0 saturated heterocycles. The van der Waals surface area contributed by atoms with Gasteiger partial charge in [-0.15, -0.1) is 0 Å². The Balaban J connectivity index is 2.95. The van der Waals surface area contributed by atoms with Crippen molar-refractivity contribution in [2.24, 2.45) is 0 Å². The molecule has 118 valence electrons. The number of hydrogen-bond acceptors (Lipinski definition) is 5. The highest BCUT2D eigenvalue weighted by Gasteiger charge is 2.15. The maximum atomic E-state index is 12.0. The molecule has 1 aromatic heterocycles. The molecule has 0 aromatic carbocycles. The summed E-state index contributed by atoms with van der Waals surface area (Å²) in [5, 5.41) is 3.20. The topological polar surface area (TPSA) is 61.4 Å². The van der Waals surface area contributed by atoms with Gasteiger partial charge in [0.1, 0.15) is 5.82 Å². The van der Waals surface area contributed by atoms with Crippen LogP contribution < -0.4 is 10.2 Å². The smallest absolute Gasteiger partial charge is 0.241 e. The van der Waals surface area contributed by atoms with E-state index < -0.39 is 0 Å². The minimum Gasteiger partial charge on any atom is -0.354 e. The normalized spacial score (nSPS) is 10.3. The zero-order valence-electron chi connectivity index (χ0n) is 13.8. The second-order valence-corrected chi connectivity index (χ2v) is 5.33. The number of aryl methyl sites for hydroxylation is 1. The van der Waals surface area contributed by atoms with E-state index in [9.17, 15) is 4.79 Å². The van der Waals surface area contributed by atoms with Crippen molar-refractivity contribution in [3.05, 3.63) is 11.8 Å². The van der Waals surface area contributed by atoms with E-state index in [4.69, 9.17) is 0 Å². The highest BCUT2D eigenvalue weighted by atomic mass is 16.2. The Morgan fingerprint density at radius 3 is 2.52 bits per heavy atom. The first kappa shape index (κ1) is 17.2. The van der Waals surface area contributed by atoms with Crippen LogP contribution in [0.3, 0.4) is 0 Å². The average Bonchev–Trinajstić information content (AvgIpc) is 2.43. The van der Waals surface area contributed by atoms with E-state index in [1.807, 2.05) is 17.9 Å². The summed E-state index contributed by atoms with van der Waals surface area (Å²) in [5.41, 5.74) is 0.900. The summed E-state index contributed by atoms with van der Waals surface area (Å²) < 4.78 is 0. The summed E-state index contributed by atoms with van der Waals surface area (Å²) in [6.45, 7) is 8.11. The Morgan fingerprint density at radius 1 is 1.24 bits per heavy atom. The lowest BCUT2D eigenvalue weighted by Gasteiger charge is -2.24. The van der Waals surface area contributed by atoms with Crippen LogP contribution in [0.4, 0.5) is 11.8 Å². The van der Waals surface area contributed by atoms with Gasteiger partial charge in [0.05, 0.1) is 6.54 Å². The van der Waals surface area contributed by atoms with Gasteiger partial charge in [0.25, 0.3) is 0 Å². The molecule has 1 aromatic rings. The van der Waals surface area contributed by atoms with E-state index in [2.05, 4.69) is 29.1 Å². The monoisotopic (exact) mass is 293 g/mol.